The van der Waals surface area contributed by atoms with E-state index in [-0.39, 0.29) is 12.1 Å². The van der Waals surface area contributed by atoms with E-state index in [0.717, 1.165) is 10.4 Å². The monoisotopic (exact) mass is 404 g/mol. The molecule has 4 rings (SSSR count). The van der Waals surface area contributed by atoms with Crippen LogP contribution in [0.4, 0.5) is 10.5 Å². The molecule has 144 valence electrons. The molecule has 0 radical (unpaired) electrons. The number of hydrogen-bond donors (Lipinski definition) is 2. The average molecular weight is 404 g/mol. The quantitative estimate of drug-likeness (QED) is 0.545. The number of nitrogens with zero attached hydrogens (tertiary/aromatic N) is 2. The molecule has 3 amide bonds. The Bertz CT molecular complexity index is 1230. The molecule has 0 aliphatic carbocycles. The second-order valence-corrected chi connectivity index (χ2v) is 7.29. The number of anilines is 1. The molecule has 2 N–H and O–H groups in total. The first-order valence-electron chi connectivity index (χ1n) is 8.80. The maximum atomic E-state index is 12.7. The molecule has 7 nitrogen and oxygen atoms in total. The molecule has 2 heterocycles. The normalized spacial score (nSPS) is 10.6. The van der Waals surface area contributed by atoms with Gasteiger partial charge in [0.2, 0.25) is 5.91 Å². The summed E-state index contributed by atoms with van der Waals surface area (Å²) in [5, 5.41) is 4.76. The zero-order valence-corrected chi connectivity index (χ0v) is 16.0. The van der Waals surface area contributed by atoms with Crippen molar-refractivity contribution in [1.29, 1.82) is 0 Å². The Hall–Kier alpha value is -3.78. The molecule has 2 aromatic heterocycles. The van der Waals surface area contributed by atoms with Crippen LogP contribution in [0.15, 0.2) is 77.9 Å². The zero-order chi connectivity index (χ0) is 20.2. The van der Waals surface area contributed by atoms with E-state index < -0.39 is 11.9 Å². The molecular formula is C21H16N4O3S. The van der Waals surface area contributed by atoms with Crippen LogP contribution in [-0.2, 0) is 11.3 Å². The molecule has 0 saturated carbocycles. The summed E-state index contributed by atoms with van der Waals surface area (Å²) >= 11 is 1.33. The van der Waals surface area contributed by atoms with Gasteiger partial charge in [-0.2, -0.15) is 0 Å². The third kappa shape index (κ3) is 4.22. The van der Waals surface area contributed by atoms with Crippen LogP contribution in [0.1, 0.15) is 0 Å². The lowest BCUT2D eigenvalue weighted by molar-refractivity contribution is -0.120. The van der Waals surface area contributed by atoms with Crippen molar-refractivity contribution in [3.05, 3.63) is 83.4 Å². The third-order valence-corrected chi connectivity index (χ3v) is 5.32. The first-order chi connectivity index (χ1) is 14.1. The summed E-state index contributed by atoms with van der Waals surface area (Å²) in [4.78, 5) is 42.0. The average Bonchev–Trinajstić information content (AvgIpc) is 3.17. The van der Waals surface area contributed by atoms with Crippen molar-refractivity contribution in [3.8, 4) is 10.4 Å². The van der Waals surface area contributed by atoms with Crippen molar-refractivity contribution in [3.63, 3.8) is 0 Å². The summed E-state index contributed by atoms with van der Waals surface area (Å²) in [7, 11) is 0. The fraction of sp³-hybridized carbons (Fsp3) is 0.0476. The number of para-hydroxylation sites is 1. The van der Waals surface area contributed by atoms with Crippen LogP contribution in [0, 0.1) is 0 Å². The summed E-state index contributed by atoms with van der Waals surface area (Å²) in [6.07, 6.45) is 1.32. The number of aromatic nitrogens is 2. The molecule has 0 bridgehead atoms. The molecule has 29 heavy (non-hydrogen) atoms. The van der Waals surface area contributed by atoms with Crippen molar-refractivity contribution in [2.75, 3.05) is 5.32 Å². The molecule has 0 unspecified atom stereocenters. The van der Waals surface area contributed by atoms with E-state index >= 15 is 0 Å². The van der Waals surface area contributed by atoms with Crippen LogP contribution in [0.25, 0.3) is 20.7 Å². The SMILES string of the molecule is O=C(Cn1cnc2cc(-c3ccccc3)sc2c1=O)NC(=O)Nc1ccccc1. The highest BCUT2D eigenvalue weighted by Gasteiger charge is 2.14. The minimum absolute atomic E-state index is 0.303. The van der Waals surface area contributed by atoms with E-state index in [1.54, 1.807) is 24.3 Å². The van der Waals surface area contributed by atoms with Gasteiger partial charge in [0.15, 0.2) is 0 Å². The van der Waals surface area contributed by atoms with E-state index in [9.17, 15) is 14.4 Å². The van der Waals surface area contributed by atoms with E-state index in [4.69, 9.17) is 0 Å². The summed E-state index contributed by atoms with van der Waals surface area (Å²) in [6.45, 7) is -0.303. The topological polar surface area (TPSA) is 93.1 Å². The van der Waals surface area contributed by atoms with Crippen LogP contribution in [0.3, 0.4) is 0 Å². The standard InChI is InChI=1S/C21H16N4O3S/c26-18(24-21(28)23-15-9-5-2-6-10-15)12-25-13-22-16-11-17(29-19(16)20(25)27)14-7-3-1-4-8-14/h1-11,13H,12H2,(H2,23,24,26,28). The summed E-state index contributed by atoms with van der Waals surface area (Å²) < 4.78 is 1.66. The predicted octanol–water partition coefficient (Wildman–Crippen LogP) is 3.47. The number of thiophene rings is 1. The highest BCUT2D eigenvalue weighted by molar-refractivity contribution is 7.22. The predicted molar refractivity (Wildman–Crippen MR) is 113 cm³/mol. The van der Waals surface area contributed by atoms with Crippen LogP contribution >= 0.6 is 11.3 Å². The number of fused-ring (bicyclic) bond motifs is 1. The van der Waals surface area contributed by atoms with Crippen LogP contribution in [-0.4, -0.2) is 21.5 Å². The number of nitrogens with one attached hydrogen (secondary N) is 2. The van der Waals surface area contributed by atoms with Crippen molar-refractivity contribution in [2.24, 2.45) is 0 Å². The Morgan fingerprint density at radius 2 is 1.69 bits per heavy atom. The number of urea groups is 1. The molecule has 0 aliphatic rings. The summed E-state index contributed by atoms with van der Waals surface area (Å²) in [5.41, 5.74) is 1.82. The maximum absolute atomic E-state index is 12.7. The molecule has 4 aromatic rings. The Balaban J connectivity index is 1.49. The molecule has 0 fully saturated rings. The van der Waals surface area contributed by atoms with Gasteiger partial charge in [-0.25, -0.2) is 9.78 Å². The smallest absolute Gasteiger partial charge is 0.308 e. The van der Waals surface area contributed by atoms with Gasteiger partial charge >= 0.3 is 6.03 Å². The van der Waals surface area contributed by atoms with Crippen LogP contribution < -0.4 is 16.2 Å². The summed E-state index contributed by atoms with van der Waals surface area (Å²) in [5.74, 6) is -0.610. The van der Waals surface area contributed by atoms with E-state index in [2.05, 4.69) is 15.6 Å². The Morgan fingerprint density at radius 3 is 2.41 bits per heavy atom. The minimum Gasteiger partial charge on any atom is -0.308 e. The number of amides is 3. The third-order valence-electron chi connectivity index (χ3n) is 4.16. The highest BCUT2D eigenvalue weighted by Crippen LogP contribution is 2.30. The van der Waals surface area contributed by atoms with Gasteiger partial charge in [-0.3, -0.25) is 19.5 Å². The molecule has 0 atom stereocenters. The molecular weight excluding hydrogens is 388 g/mol. The lowest BCUT2D eigenvalue weighted by Crippen LogP contribution is -2.38. The van der Waals surface area contributed by atoms with Gasteiger partial charge < -0.3 is 5.32 Å². The first-order valence-corrected chi connectivity index (χ1v) is 9.62. The number of benzene rings is 2. The van der Waals surface area contributed by atoms with Gasteiger partial charge in [0.05, 0.1) is 11.8 Å². The molecule has 0 aliphatic heterocycles. The second kappa shape index (κ2) is 8.07. The van der Waals surface area contributed by atoms with Gasteiger partial charge in [-0.05, 0) is 23.8 Å². The van der Waals surface area contributed by atoms with Crippen molar-refractivity contribution < 1.29 is 9.59 Å². The number of imide groups is 1. The molecule has 0 saturated heterocycles. The second-order valence-electron chi connectivity index (χ2n) is 6.24. The van der Waals surface area contributed by atoms with E-state index in [0.29, 0.717) is 15.9 Å². The van der Waals surface area contributed by atoms with Gasteiger partial charge in [-0.15, -0.1) is 11.3 Å². The Morgan fingerprint density at radius 1 is 1.00 bits per heavy atom. The van der Waals surface area contributed by atoms with Crippen LogP contribution in [0.5, 0.6) is 0 Å². The number of hydrogen-bond acceptors (Lipinski definition) is 5. The molecule has 8 heteroatoms. The lowest BCUT2D eigenvalue weighted by atomic mass is 10.2. The van der Waals surface area contributed by atoms with Crippen molar-refractivity contribution in [2.45, 2.75) is 6.54 Å². The van der Waals surface area contributed by atoms with Crippen molar-refractivity contribution in [1.82, 2.24) is 14.9 Å². The highest BCUT2D eigenvalue weighted by atomic mass is 32.1. The van der Waals surface area contributed by atoms with Gasteiger partial charge in [0.1, 0.15) is 11.2 Å². The summed E-state index contributed by atoms with van der Waals surface area (Å²) in [6, 6.07) is 19.6. The van der Waals surface area contributed by atoms with E-state index in [1.807, 2.05) is 42.5 Å². The number of carbonyl (C=O) groups excluding carboxylic acids is 2. The number of carbonyl (C=O) groups is 2. The Labute approximate surface area is 169 Å². The van der Waals surface area contributed by atoms with Gasteiger partial charge in [0, 0.05) is 10.6 Å². The minimum atomic E-state index is -0.661. The molecule has 2 aromatic carbocycles. The maximum Gasteiger partial charge on any atom is 0.325 e. The van der Waals surface area contributed by atoms with Crippen LogP contribution in [0.2, 0.25) is 0 Å². The fourth-order valence-electron chi connectivity index (χ4n) is 2.81. The number of rotatable bonds is 4. The van der Waals surface area contributed by atoms with E-state index in [1.165, 1.54) is 22.2 Å². The largest absolute Gasteiger partial charge is 0.325 e. The Kier molecular flexibility index (Phi) is 5.17. The first kappa shape index (κ1) is 18.6. The van der Waals surface area contributed by atoms with Gasteiger partial charge in [-0.1, -0.05) is 48.5 Å². The fourth-order valence-corrected chi connectivity index (χ4v) is 3.87. The molecule has 0 spiro atoms. The van der Waals surface area contributed by atoms with Gasteiger partial charge in [0.25, 0.3) is 5.56 Å². The lowest BCUT2D eigenvalue weighted by Gasteiger charge is -2.07. The van der Waals surface area contributed by atoms with Crippen molar-refractivity contribution >= 4 is 39.2 Å². The zero-order valence-electron chi connectivity index (χ0n) is 15.2.